The number of rotatable bonds is 5. The van der Waals surface area contributed by atoms with Gasteiger partial charge in [0, 0.05) is 16.8 Å². The van der Waals surface area contributed by atoms with Crippen molar-refractivity contribution in [2.75, 3.05) is 0 Å². The van der Waals surface area contributed by atoms with Crippen molar-refractivity contribution in [2.45, 2.75) is 46.3 Å². The highest BCUT2D eigenvalue weighted by Gasteiger charge is 2.19. The molecule has 1 aromatic heterocycles. The van der Waals surface area contributed by atoms with E-state index in [9.17, 15) is 9.50 Å². The van der Waals surface area contributed by atoms with Gasteiger partial charge in [-0.15, -0.1) is 0 Å². The highest BCUT2D eigenvalue weighted by molar-refractivity contribution is 5.30. The van der Waals surface area contributed by atoms with Crippen LogP contribution in [-0.2, 0) is 19.4 Å². The molecule has 1 unspecified atom stereocenters. The third kappa shape index (κ3) is 2.75. The van der Waals surface area contributed by atoms with Crippen LogP contribution < -0.4 is 0 Å². The molecule has 0 aliphatic carbocycles. The maximum Gasteiger partial charge on any atom is 0.128 e. The van der Waals surface area contributed by atoms with E-state index in [0.717, 1.165) is 29.8 Å². The first kappa shape index (κ1) is 14.7. The van der Waals surface area contributed by atoms with Crippen molar-refractivity contribution in [3.05, 3.63) is 52.6 Å². The third-order valence-corrected chi connectivity index (χ3v) is 3.54. The molecule has 0 amide bonds. The number of aliphatic hydroxyl groups is 1. The number of hydrogen-bond acceptors (Lipinski definition) is 2. The number of aliphatic hydroxyl groups excluding tert-OH is 1. The van der Waals surface area contributed by atoms with Gasteiger partial charge in [-0.05, 0) is 25.8 Å². The van der Waals surface area contributed by atoms with Gasteiger partial charge in [0.15, 0.2) is 0 Å². The van der Waals surface area contributed by atoms with Crippen molar-refractivity contribution < 1.29 is 9.50 Å². The van der Waals surface area contributed by atoms with Crippen molar-refractivity contribution in [3.63, 3.8) is 0 Å². The lowest BCUT2D eigenvalue weighted by molar-refractivity contribution is 0.197. The van der Waals surface area contributed by atoms with E-state index in [-0.39, 0.29) is 5.82 Å². The summed E-state index contributed by atoms with van der Waals surface area (Å²) in [7, 11) is 0. The Morgan fingerprint density at radius 1 is 1.25 bits per heavy atom. The van der Waals surface area contributed by atoms with E-state index in [1.165, 1.54) is 6.07 Å². The van der Waals surface area contributed by atoms with Gasteiger partial charge < -0.3 is 5.11 Å². The Hall–Kier alpha value is -1.68. The second kappa shape index (κ2) is 6.18. The Morgan fingerprint density at radius 2 is 1.95 bits per heavy atom. The molecule has 0 saturated carbocycles. The number of halogens is 1. The zero-order valence-electron chi connectivity index (χ0n) is 12.2. The fourth-order valence-electron chi connectivity index (χ4n) is 2.60. The Morgan fingerprint density at radius 3 is 2.50 bits per heavy atom. The first-order valence-corrected chi connectivity index (χ1v) is 7.08. The van der Waals surface area contributed by atoms with Gasteiger partial charge in [-0.3, -0.25) is 4.68 Å². The molecular weight excluding hydrogens is 255 g/mol. The van der Waals surface area contributed by atoms with Crippen LogP contribution in [0.2, 0.25) is 0 Å². The van der Waals surface area contributed by atoms with Crippen LogP contribution in [0, 0.1) is 5.82 Å². The fraction of sp³-hybridized carbons (Fsp3) is 0.438. The van der Waals surface area contributed by atoms with Crippen LogP contribution in [0.15, 0.2) is 24.3 Å². The average molecular weight is 276 g/mol. The zero-order valence-corrected chi connectivity index (χ0v) is 12.2. The third-order valence-electron chi connectivity index (χ3n) is 3.54. The predicted octanol–water partition coefficient (Wildman–Crippen LogP) is 3.25. The molecule has 0 fully saturated rings. The number of hydrogen-bond donors (Lipinski definition) is 1. The topological polar surface area (TPSA) is 38.0 Å². The summed E-state index contributed by atoms with van der Waals surface area (Å²) in [5.41, 5.74) is 3.39. The van der Waals surface area contributed by atoms with Crippen molar-refractivity contribution >= 4 is 0 Å². The van der Waals surface area contributed by atoms with Gasteiger partial charge in [-0.1, -0.05) is 32.0 Å². The first-order valence-electron chi connectivity index (χ1n) is 7.08. The van der Waals surface area contributed by atoms with Gasteiger partial charge in [-0.2, -0.15) is 5.10 Å². The number of aromatic nitrogens is 2. The van der Waals surface area contributed by atoms with Gasteiger partial charge in [0.25, 0.3) is 0 Å². The molecule has 0 saturated heterocycles. The van der Waals surface area contributed by atoms with Crippen LogP contribution in [0.25, 0.3) is 0 Å². The Balaban J connectivity index is 2.44. The molecule has 2 aromatic rings. The highest BCUT2D eigenvalue weighted by atomic mass is 19.1. The minimum Gasteiger partial charge on any atom is -0.389 e. The van der Waals surface area contributed by atoms with Crippen LogP contribution in [0.1, 0.15) is 49.4 Å². The zero-order chi connectivity index (χ0) is 14.7. The Kier molecular flexibility index (Phi) is 4.55. The minimum atomic E-state index is -0.547. The number of benzene rings is 1. The lowest BCUT2D eigenvalue weighted by Gasteiger charge is -2.10. The summed E-state index contributed by atoms with van der Waals surface area (Å²) in [6, 6.07) is 6.73. The maximum atomic E-state index is 13.8. The largest absolute Gasteiger partial charge is 0.389 e. The molecule has 0 bridgehead atoms. The van der Waals surface area contributed by atoms with E-state index < -0.39 is 6.10 Å². The summed E-state index contributed by atoms with van der Waals surface area (Å²) in [5, 5.41) is 14.5. The second-order valence-corrected chi connectivity index (χ2v) is 4.94. The molecular formula is C16H21FN2O. The van der Waals surface area contributed by atoms with Gasteiger partial charge in [0.05, 0.1) is 18.3 Å². The van der Waals surface area contributed by atoms with Crippen molar-refractivity contribution in [3.8, 4) is 0 Å². The van der Waals surface area contributed by atoms with Gasteiger partial charge >= 0.3 is 0 Å². The van der Waals surface area contributed by atoms with E-state index >= 15 is 0 Å². The summed E-state index contributed by atoms with van der Waals surface area (Å²) in [5.74, 6) is -0.221. The predicted molar refractivity (Wildman–Crippen MR) is 77.1 cm³/mol. The molecule has 0 aliphatic rings. The SMILES string of the molecule is CCc1nn(Cc2ccccc2F)c(CC)c1C(C)O. The molecule has 4 heteroatoms. The van der Waals surface area contributed by atoms with Crippen LogP contribution in [0.5, 0.6) is 0 Å². The monoisotopic (exact) mass is 276 g/mol. The lowest BCUT2D eigenvalue weighted by Crippen LogP contribution is -2.08. The average Bonchev–Trinajstić information content (AvgIpc) is 2.79. The molecule has 1 N–H and O–H groups in total. The molecule has 1 aromatic carbocycles. The van der Waals surface area contributed by atoms with Gasteiger partial charge in [-0.25, -0.2) is 4.39 Å². The smallest absolute Gasteiger partial charge is 0.128 e. The van der Waals surface area contributed by atoms with Crippen molar-refractivity contribution in [1.29, 1.82) is 0 Å². The van der Waals surface area contributed by atoms with E-state index in [2.05, 4.69) is 5.10 Å². The molecule has 20 heavy (non-hydrogen) atoms. The summed E-state index contributed by atoms with van der Waals surface area (Å²) in [6.07, 6.45) is 0.980. The molecule has 2 rings (SSSR count). The van der Waals surface area contributed by atoms with Crippen LogP contribution in [0.4, 0.5) is 4.39 Å². The first-order chi connectivity index (χ1) is 9.58. The quantitative estimate of drug-likeness (QED) is 0.910. The van der Waals surface area contributed by atoms with E-state index in [4.69, 9.17) is 0 Å². The molecule has 0 aliphatic heterocycles. The molecule has 0 spiro atoms. The van der Waals surface area contributed by atoms with Crippen LogP contribution >= 0.6 is 0 Å². The Labute approximate surface area is 119 Å². The van der Waals surface area contributed by atoms with E-state index in [0.29, 0.717) is 12.1 Å². The van der Waals surface area contributed by atoms with Crippen molar-refractivity contribution in [1.82, 2.24) is 9.78 Å². The Bertz CT molecular complexity index is 590. The van der Waals surface area contributed by atoms with E-state index in [1.807, 2.05) is 24.6 Å². The minimum absolute atomic E-state index is 0.221. The normalized spacial score (nSPS) is 12.7. The summed E-state index contributed by atoms with van der Waals surface area (Å²) >= 11 is 0. The maximum absolute atomic E-state index is 13.8. The van der Waals surface area contributed by atoms with Crippen molar-refractivity contribution in [2.24, 2.45) is 0 Å². The summed E-state index contributed by atoms with van der Waals surface area (Å²) < 4.78 is 15.6. The molecule has 1 heterocycles. The molecule has 1 atom stereocenters. The van der Waals surface area contributed by atoms with Gasteiger partial charge in [0.2, 0.25) is 0 Å². The van der Waals surface area contributed by atoms with Crippen LogP contribution in [0.3, 0.4) is 0 Å². The second-order valence-electron chi connectivity index (χ2n) is 4.94. The summed E-state index contributed by atoms with van der Waals surface area (Å²) in [4.78, 5) is 0. The van der Waals surface area contributed by atoms with E-state index in [1.54, 1.807) is 19.1 Å². The summed E-state index contributed by atoms with van der Waals surface area (Å²) in [6.45, 7) is 6.19. The lowest BCUT2D eigenvalue weighted by atomic mass is 10.0. The van der Waals surface area contributed by atoms with Crippen LogP contribution in [-0.4, -0.2) is 14.9 Å². The highest BCUT2D eigenvalue weighted by Crippen LogP contribution is 2.24. The standard InChI is InChI=1S/C16H21FN2O/c1-4-14-16(11(3)20)15(5-2)19(18-14)10-12-8-6-7-9-13(12)17/h6-9,11,20H,4-5,10H2,1-3H3. The van der Waals surface area contributed by atoms with Gasteiger partial charge in [0.1, 0.15) is 5.82 Å². The molecule has 3 nitrogen and oxygen atoms in total. The molecule has 0 radical (unpaired) electrons. The fourth-order valence-corrected chi connectivity index (χ4v) is 2.60. The number of nitrogens with zero attached hydrogens (tertiary/aromatic N) is 2. The number of aryl methyl sites for hydroxylation is 1. The molecule has 108 valence electrons.